The molecule has 0 radical (unpaired) electrons. The third-order valence-corrected chi connectivity index (χ3v) is 8.18. The summed E-state index contributed by atoms with van der Waals surface area (Å²) in [6.07, 6.45) is 0.601. The maximum Gasteiger partial charge on any atom is 0.340 e. The van der Waals surface area contributed by atoms with Crippen molar-refractivity contribution in [3.8, 4) is 5.75 Å². The number of sulfonamides is 1. The van der Waals surface area contributed by atoms with E-state index >= 15 is 0 Å². The number of rotatable bonds is 9. The molecule has 1 heterocycles. The molecule has 0 aliphatic heterocycles. The van der Waals surface area contributed by atoms with Crippen LogP contribution < -0.4 is 15.1 Å². The predicted molar refractivity (Wildman–Crippen MR) is 152 cm³/mol. The van der Waals surface area contributed by atoms with E-state index in [1.54, 1.807) is 18.2 Å². The molecule has 204 valence electrons. The fraction of sp³-hybridized carbons (Fsp3) is 0.267. The standard InChI is InChI=1S/C30H30ClNO6S/c1-18(2)14-26(32-39(35,36)22-12-10-19(3)11-13-22)30(34)38-28-17-27-23(16-25(28)31)20(4)24(29(33)37-27)15-21-8-6-5-7-9-21/h5-13,16-18,26,32H,14-15H2,1-4H3/t26-/m1/s1. The molecule has 39 heavy (non-hydrogen) atoms. The van der Waals surface area contributed by atoms with Gasteiger partial charge in [0.1, 0.15) is 11.6 Å². The molecule has 0 aliphatic carbocycles. The van der Waals surface area contributed by atoms with E-state index in [0.29, 0.717) is 22.9 Å². The molecule has 0 saturated carbocycles. The van der Waals surface area contributed by atoms with Crippen molar-refractivity contribution >= 4 is 38.6 Å². The summed E-state index contributed by atoms with van der Waals surface area (Å²) in [6, 6.07) is 17.7. The van der Waals surface area contributed by atoms with Crippen LogP contribution in [0.1, 0.15) is 42.5 Å². The van der Waals surface area contributed by atoms with E-state index < -0.39 is 27.7 Å². The van der Waals surface area contributed by atoms with Crippen LogP contribution in [-0.2, 0) is 21.2 Å². The van der Waals surface area contributed by atoms with E-state index in [1.807, 2.05) is 58.0 Å². The fourth-order valence-corrected chi connectivity index (χ4v) is 5.69. The zero-order valence-electron chi connectivity index (χ0n) is 22.2. The lowest BCUT2D eigenvalue weighted by Gasteiger charge is -2.20. The summed E-state index contributed by atoms with van der Waals surface area (Å²) >= 11 is 6.49. The van der Waals surface area contributed by atoms with Crippen LogP contribution in [0.5, 0.6) is 5.75 Å². The smallest absolute Gasteiger partial charge is 0.340 e. The van der Waals surface area contributed by atoms with Crippen molar-refractivity contribution in [3.63, 3.8) is 0 Å². The van der Waals surface area contributed by atoms with Gasteiger partial charge in [0.15, 0.2) is 5.75 Å². The van der Waals surface area contributed by atoms with Crippen molar-refractivity contribution in [2.24, 2.45) is 5.92 Å². The molecule has 0 aliphatic rings. The Hall–Kier alpha value is -3.46. The molecule has 1 aromatic heterocycles. The minimum atomic E-state index is -3.99. The number of benzene rings is 3. The minimum absolute atomic E-state index is 0.0148. The molecular formula is C30H30ClNO6S. The first-order valence-corrected chi connectivity index (χ1v) is 14.4. The van der Waals surface area contributed by atoms with Crippen molar-refractivity contribution in [2.45, 2.75) is 51.5 Å². The second kappa shape index (κ2) is 11.7. The lowest BCUT2D eigenvalue weighted by molar-refractivity contribution is -0.136. The minimum Gasteiger partial charge on any atom is -0.424 e. The molecule has 0 saturated heterocycles. The maximum absolute atomic E-state index is 13.2. The van der Waals surface area contributed by atoms with Crippen molar-refractivity contribution < 1.29 is 22.4 Å². The summed E-state index contributed by atoms with van der Waals surface area (Å²) in [5.41, 5.74) is 2.82. The molecule has 0 spiro atoms. The third kappa shape index (κ3) is 6.76. The number of fused-ring (bicyclic) bond motifs is 1. The van der Waals surface area contributed by atoms with Crippen molar-refractivity contribution in [2.75, 3.05) is 0 Å². The summed E-state index contributed by atoms with van der Waals surface area (Å²) in [7, 11) is -3.99. The molecular weight excluding hydrogens is 538 g/mol. The third-order valence-electron chi connectivity index (χ3n) is 6.39. The summed E-state index contributed by atoms with van der Waals surface area (Å²) in [5.74, 6) is -0.865. The van der Waals surface area contributed by atoms with Gasteiger partial charge in [-0.3, -0.25) is 0 Å². The lowest BCUT2D eigenvalue weighted by atomic mass is 9.99. The Balaban J connectivity index is 1.62. The van der Waals surface area contributed by atoms with Crippen LogP contribution in [-0.4, -0.2) is 20.4 Å². The topological polar surface area (TPSA) is 103 Å². The molecule has 0 fully saturated rings. The van der Waals surface area contributed by atoms with Crippen LogP contribution in [0.15, 0.2) is 80.8 Å². The highest BCUT2D eigenvalue weighted by molar-refractivity contribution is 7.89. The van der Waals surface area contributed by atoms with Gasteiger partial charge in [-0.25, -0.2) is 18.0 Å². The van der Waals surface area contributed by atoms with E-state index in [2.05, 4.69) is 4.72 Å². The molecule has 0 unspecified atom stereocenters. The molecule has 4 aromatic rings. The second-order valence-corrected chi connectivity index (χ2v) is 12.1. The predicted octanol–water partition coefficient (Wildman–Crippen LogP) is 5.95. The molecule has 3 aromatic carbocycles. The number of hydrogen-bond donors (Lipinski definition) is 1. The molecule has 4 rings (SSSR count). The van der Waals surface area contributed by atoms with Crippen molar-refractivity contribution in [1.82, 2.24) is 4.72 Å². The van der Waals surface area contributed by atoms with Gasteiger partial charge in [-0.1, -0.05) is 73.5 Å². The largest absolute Gasteiger partial charge is 0.424 e. The Kier molecular flexibility index (Phi) is 8.59. The average molecular weight is 568 g/mol. The summed E-state index contributed by atoms with van der Waals surface area (Å²) in [5, 5.41) is 0.743. The zero-order chi connectivity index (χ0) is 28.3. The van der Waals surface area contributed by atoms with Crippen molar-refractivity contribution in [3.05, 3.63) is 104 Å². The van der Waals surface area contributed by atoms with Gasteiger partial charge in [0.25, 0.3) is 0 Å². The lowest BCUT2D eigenvalue weighted by Crippen LogP contribution is -2.43. The van der Waals surface area contributed by atoms with Gasteiger partial charge in [0.2, 0.25) is 10.0 Å². The summed E-state index contributed by atoms with van der Waals surface area (Å²) < 4.78 is 39.6. The number of hydrogen-bond acceptors (Lipinski definition) is 6. The van der Waals surface area contributed by atoms with Gasteiger partial charge < -0.3 is 9.15 Å². The number of nitrogens with one attached hydrogen (secondary N) is 1. The maximum atomic E-state index is 13.2. The highest BCUT2D eigenvalue weighted by Crippen LogP contribution is 2.33. The summed E-state index contributed by atoms with van der Waals surface area (Å²) in [4.78, 5) is 26.1. The van der Waals surface area contributed by atoms with E-state index in [0.717, 1.165) is 11.1 Å². The van der Waals surface area contributed by atoms with Crippen LogP contribution in [0.4, 0.5) is 0 Å². The number of aryl methyl sites for hydroxylation is 2. The fourth-order valence-electron chi connectivity index (χ4n) is 4.29. The average Bonchev–Trinajstić information content (AvgIpc) is 2.88. The normalized spacial score (nSPS) is 12.6. The number of carbonyl (C=O) groups is 1. The summed E-state index contributed by atoms with van der Waals surface area (Å²) in [6.45, 7) is 7.41. The second-order valence-electron chi connectivity index (χ2n) is 9.97. The van der Waals surface area contributed by atoms with Gasteiger partial charge >= 0.3 is 11.6 Å². The van der Waals surface area contributed by atoms with Crippen LogP contribution in [0.25, 0.3) is 11.0 Å². The highest BCUT2D eigenvalue weighted by atomic mass is 35.5. The van der Waals surface area contributed by atoms with Gasteiger partial charge in [-0.15, -0.1) is 0 Å². The molecule has 0 bridgehead atoms. The van der Waals surface area contributed by atoms with Gasteiger partial charge in [0.05, 0.1) is 9.92 Å². The first kappa shape index (κ1) is 28.5. The van der Waals surface area contributed by atoms with Crippen LogP contribution in [0.3, 0.4) is 0 Å². The Morgan fingerprint density at radius 1 is 1.03 bits per heavy atom. The first-order valence-electron chi connectivity index (χ1n) is 12.5. The Morgan fingerprint density at radius 3 is 2.33 bits per heavy atom. The molecule has 0 amide bonds. The number of ether oxygens (including phenoxy) is 1. The molecule has 1 atom stereocenters. The van der Waals surface area contributed by atoms with Gasteiger partial charge in [-0.2, -0.15) is 4.72 Å². The molecule has 9 heteroatoms. The Bertz CT molecular complexity index is 1660. The van der Waals surface area contributed by atoms with Gasteiger partial charge in [0, 0.05) is 23.4 Å². The molecule has 7 nitrogen and oxygen atoms in total. The van der Waals surface area contributed by atoms with Crippen LogP contribution in [0.2, 0.25) is 5.02 Å². The quantitative estimate of drug-likeness (QED) is 0.152. The van der Waals surface area contributed by atoms with Crippen LogP contribution >= 0.6 is 11.6 Å². The number of esters is 1. The highest BCUT2D eigenvalue weighted by Gasteiger charge is 2.29. The molecule has 1 N–H and O–H groups in total. The zero-order valence-corrected chi connectivity index (χ0v) is 23.7. The first-order chi connectivity index (χ1) is 18.4. The van der Waals surface area contributed by atoms with E-state index in [-0.39, 0.29) is 33.6 Å². The monoisotopic (exact) mass is 567 g/mol. The van der Waals surface area contributed by atoms with Gasteiger partial charge in [-0.05, 0) is 55.5 Å². The van der Waals surface area contributed by atoms with E-state index in [4.69, 9.17) is 20.8 Å². The number of halogens is 1. The van der Waals surface area contributed by atoms with Crippen molar-refractivity contribution in [1.29, 1.82) is 0 Å². The van der Waals surface area contributed by atoms with E-state index in [9.17, 15) is 18.0 Å². The Labute approximate surface area is 232 Å². The SMILES string of the molecule is Cc1ccc(S(=O)(=O)N[C@H](CC(C)C)C(=O)Oc2cc3oc(=O)c(Cc4ccccc4)c(C)c3cc2Cl)cc1. The number of carbonyl (C=O) groups excluding carboxylic acids is 1. The van der Waals surface area contributed by atoms with E-state index in [1.165, 1.54) is 18.2 Å². The Morgan fingerprint density at radius 2 is 1.69 bits per heavy atom. The van der Waals surface area contributed by atoms with Crippen LogP contribution in [0, 0.1) is 19.8 Å².